The van der Waals surface area contributed by atoms with Crippen LogP contribution >= 0.6 is 23.8 Å². The van der Waals surface area contributed by atoms with Crippen molar-refractivity contribution in [3.63, 3.8) is 0 Å². The van der Waals surface area contributed by atoms with Gasteiger partial charge in [0.05, 0.1) is 0 Å². The molecular weight excluding hydrogens is 441 g/mol. The van der Waals surface area contributed by atoms with Crippen LogP contribution in [0, 0.1) is 16.2 Å². The van der Waals surface area contributed by atoms with E-state index in [0.717, 1.165) is 0 Å². The molecule has 6 rings (SSSR count). The van der Waals surface area contributed by atoms with E-state index in [0.29, 0.717) is 30.7 Å². The van der Waals surface area contributed by atoms with Crippen LogP contribution in [0.1, 0.15) is 73.4 Å². The van der Waals surface area contributed by atoms with E-state index in [1.165, 1.54) is 11.1 Å². The van der Waals surface area contributed by atoms with Crippen LogP contribution in [-0.4, -0.2) is 14.4 Å². The summed E-state index contributed by atoms with van der Waals surface area (Å²) in [7, 11) is -0.404. The molecule has 2 aromatic carbocycles. The predicted molar refractivity (Wildman–Crippen MR) is 147 cm³/mol. The predicted octanol–water partition coefficient (Wildman–Crippen LogP) is 10.2. The zero-order valence-corrected chi connectivity index (χ0v) is 23.8. The van der Waals surface area contributed by atoms with Gasteiger partial charge in [0.1, 0.15) is 0 Å². The Balaban J connectivity index is 1.73. The Morgan fingerprint density at radius 2 is 0.844 bits per heavy atom. The molecule has 0 amide bonds. The highest BCUT2D eigenvalue weighted by atomic mass is 31.3. The number of hydrogen-bond acceptors (Lipinski definition) is 0. The van der Waals surface area contributed by atoms with Gasteiger partial charge in [0.15, 0.2) is 0 Å². The first-order valence-corrected chi connectivity index (χ1v) is 16.1. The zero-order valence-electron chi connectivity index (χ0n) is 21.1. The van der Waals surface area contributed by atoms with Crippen molar-refractivity contribution in [1.82, 2.24) is 0 Å². The van der Waals surface area contributed by atoms with E-state index < -0.39 is 0 Å². The summed E-state index contributed by atoms with van der Waals surface area (Å²) in [6.45, 7) is 23.3. The van der Waals surface area contributed by atoms with Gasteiger partial charge in [0.2, 0.25) is 0 Å². The molecule has 168 valence electrons. The molecule has 4 heterocycles. The maximum absolute atomic E-state index is 2.59. The highest BCUT2D eigenvalue weighted by Gasteiger charge is 3.12. The maximum atomic E-state index is 2.59. The standard InChI is InChI=1S/C29H37P3/c1-24(2,3)27-28(25(4,5)6)31-23(21-18-14-11-15-19-21)22(20-16-12-10-13-17-20)30(27)29(31,32(27)28)26(7,8)9/h10-19H,1-9H3. The molecule has 0 N–H and O–H groups in total. The smallest absolute Gasteiger partial charge is 0.0468 e. The van der Waals surface area contributed by atoms with E-state index in [1.54, 1.807) is 10.6 Å². The third kappa shape index (κ3) is 1.92. The summed E-state index contributed by atoms with van der Waals surface area (Å²) >= 11 is 0. The molecule has 4 aliphatic rings. The van der Waals surface area contributed by atoms with Gasteiger partial charge in [-0.2, -0.15) is 0 Å². The second-order valence-corrected chi connectivity index (χ2v) is 22.5. The van der Waals surface area contributed by atoms with Gasteiger partial charge < -0.3 is 0 Å². The van der Waals surface area contributed by atoms with Crippen molar-refractivity contribution >= 4 is 34.4 Å². The maximum Gasteiger partial charge on any atom is 0.0468 e. The first-order chi connectivity index (χ1) is 14.8. The third-order valence-corrected chi connectivity index (χ3v) is 27.4. The zero-order chi connectivity index (χ0) is 23.1. The summed E-state index contributed by atoms with van der Waals surface area (Å²) < 4.78 is 0.573. The molecule has 3 heteroatoms. The number of benzene rings is 2. The fraction of sp³-hybridized carbons (Fsp3) is 0.517. The molecule has 0 radical (unpaired) electrons. The lowest BCUT2D eigenvalue weighted by Gasteiger charge is -2.65. The van der Waals surface area contributed by atoms with Gasteiger partial charge in [-0.05, 0) is 53.8 Å². The minimum atomic E-state index is -0.219. The summed E-state index contributed by atoms with van der Waals surface area (Å²) in [5.41, 5.74) is 4.14. The average Bonchev–Trinajstić information content (AvgIpc) is 2.99. The molecule has 0 spiro atoms. The number of hydrogen-bond donors (Lipinski definition) is 0. The van der Waals surface area contributed by atoms with Crippen molar-refractivity contribution in [2.45, 2.75) is 76.7 Å². The molecule has 4 aliphatic heterocycles. The van der Waals surface area contributed by atoms with Gasteiger partial charge >= 0.3 is 0 Å². The van der Waals surface area contributed by atoms with Gasteiger partial charge in [0, 0.05) is 14.4 Å². The van der Waals surface area contributed by atoms with Gasteiger partial charge in [-0.1, -0.05) is 131 Å². The molecule has 3 saturated heterocycles. The van der Waals surface area contributed by atoms with Crippen LogP contribution in [0.25, 0.3) is 10.6 Å². The lowest BCUT2D eigenvalue weighted by atomic mass is 9.80. The SMILES string of the molecule is CC(C)(C)C12P3C(c4ccccc4)=C(c4ccccc4)P1C1(C(C)(C)C)P2C31C(C)(C)C. The largest absolute Gasteiger partial charge is 0.0639 e. The van der Waals surface area contributed by atoms with Crippen LogP contribution in [0.5, 0.6) is 0 Å². The fourth-order valence-electron chi connectivity index (χ4n) is 7.93. The minimum absolute atomic E-state index is 0.0338. The fourth-order valence-corrected chi connectivity index (χ4v) is 34.0. The second kappa shape index (κ2) is 5.99. The van der Waals surface area contributed by atoms with E-state index in [1.807, 2.05) is 0 Å². The Morgan fingerprint density at radius 3 is 1.12 bits per heavy atom. The van der Waals surface area contributed by atoms with Crippen molar-refractivity contribution < 1.29 is 0 Å². The Kier molecular flexibility index (Phi) is 4.11. The van der Waals surface area contributed by atoms with Gasteiger partial charge in [-0.3, -0.25) is 0 Å². The van der Waals surface area contributed by atoms with Crippen molar-refractivity contribution in [2.24, 2.45) is 16.2 Å². The topological polar surface area (TPSA) is 0 Å². The first-order valence-electron chi connectivity index (χ1n) is 12.1. The van der Waals surface area contributed by atoms with E-state index >= 15 is 0 Å². The van der Waals surface area contributed by atoms with Crippen LogP contribution in [0.15, 0.2) is 60.7 Å². The molecule has 0 bridgehead atoms. The molecule has 4 atom stereocenters. The van der Waals surface area contributed by atoms with Crippen LogP contribution in [-0.2, 0) is 0 Å². The van der Waals surface area contributed by atoms with Crippen LogP contribution < -0.4 is 0 Å². The monoisotopic (exact) mass is 478 g/mol. The van der Waals surface area contributed by atoms with Crippen LogP contribution in [0.4, 0.5) is 0 Å². The summed E-state index contributed by atoms with van der Waals surface area (Å²) in [6, 6.07) is 23.1. The summed E-state index contributed by atoms with van der Waals surface area (Å²) in [5.74, 6) is 0. The second-order valence-electron chi connectivity index (χ2n) is 13.2. The first kappa shape index (κ1) is 22.0. The van der Waals surface area contributed by atoms with Crippen molar-refractivity contribution in [3.8, 4) is 0 Å². The Labute approximate surface area is 198 Å². The van der Waals surface area contributed by atoms with Crippen LogP contribution in [0.2, 0.25) is 0 Å². The summed E-state index contributed by atoms with van der Waals surface area (Å²) in [5, 5.41) is 3.58. The Hall–Kier alpha value is -0.530. The molecule has 0 aromatic heterocycles. The van der Waals surface area contributed by atoms with Crippen LogP contribution in [0.3, 0.4) is 0 Å². The molecule has 3 fully saturated rings. The highest BCUT2D eigenvalue weighted by molar-refractivity contribution is 8.31. The normalized spacial score (nSPS) is 39.3. The van der Waals surface area contributed by atoms with Gasteiger partial charge in [-0.15, -0.1) is 0 Å². The molecule has 32 heavy (non-hydrogen) atoms. The number of rotatable bonds is 2. The Morgan fingerprint density at radius 1 is 0.500 bits per heavy atom. The summed E-state index contributed by atoms with van der Waals surface area (Å²) in [6.07, 6.45) is 0. The van der Waals surface area contributed by atoms with Crippen molar-refractivity contribution in [3.05, 3.63) is 71.8 Å². The lowest BCUT2D eigenvalue weighted by molar-refractivity contribution is 0.295. The van der Waals surface area contributed by atoms with Gasteiger partial charge in [0.25, 0.3) is 0 Å². The van der Waals surface area contributed by atoms with Crippen molar-refractivity contribution in [1.29, 1.82) is 0 Å². The Bertz CT molecular complexity index is 1060. The molecule has 4 unspecified atom stereocenters. The molecule has 0 nitrogen and oxygen atoms in total. The highest BCUT2D eigenvalue weighted by Crippen LogP contribution is 3.39. The van der Waals surface area contributed by atoms with E-state index in [2.05, 4.69) is 123 Å². The lowest BCUT2D eigenvalue weighted by Crippen LogP contribution is -2.46. The third-order valence-electron chi connectivity index (χ3n) is 8.53. The quantitative estimate of drug-likeness (QED) is 0.377. The molecular formula is C29H37P3. The molecule has 0 aliphatic carbocycles. The van der Waals surface area contributed by atoms with Crippen molar-refractivity contribution in [2.75, 3.05) is 0 Å². The summed E-state index contributed by atoms with van der Waals surface area (Å²) in [4.78, 5) is 1.12. The van der Waals surface area contributed by atoms with E-state index in [-0.39, 0.29) is 23.8 Å². The van der Waals surface area contributed by atoms with E-state index in [4.69, 9.17) is 0 Å². The molecule has 0 saturated carbocycles. The average molecular weight is 479 g/mol. The van der Waals surface area contributed by atoms with E-state index in [9.17, 15) is 0 Å². The number of fused-ring (bicyclic) bond motifs is 3. The van der Waals surface area contributed by atoms with Gasteiger partial charge in [-0.25, -0.2) is 0 Å². The molecule has 2 aromatic rings. The minimum Gasteiger partial charge on any atom is -0.0639 e.